The molecule has 0 atom stereocenters. The molecule has 140 valence electrons. The minimum Gasteiger partial charge on any atom is -0.345 e. The van der Waals surface area contributed by atoms with Gasteiger partial charge in [0.2, 0.25) is 0 Å². The molecule has 0 saturated heterocycles. The number of nitrogens with zero attached hydrogens (tertiary/aromatic N) is 3. The molecule has 2 heterocycles. The van der Waals surface area contributed by atoms with Gasteiger partial charge >= 0.3 is 0 Å². The molecular weight excluding hydrogens is 308 g/mol. The van der Waals surface area contributed by atoms with E-state index in [1.165, 1.54) is 11.4 Å². The summed E-state index contributed by atoms with van der Waals surface area (Å²) in [6.45, 7) is 20.2. The average Bonchev–Trinajstić information content (AvgIpc) is 3.14. The van der Waals surface area contributed by atoms with Crippen LogP contribution in [0, 0.1) is 0 Å². The van der Waals surface area contributed by atoms with Crippen molar-refractivity contribution in [3.05, 3.63) is 35.9 Å². The summed E-state index contributed by atoms with van der Waals surface area (Å²) in [5, 5.41) is 0. The summed E-state index contributed by atoms with van der Waals surface area (Å²) in [6.07, 6.45) is 8.27. The molecule has 0 saturated carbocycles. The maximum atomic E-state index is 4.68. The zero-order valence-corrected chi connectivity index (χ0v) is 17.6. The molecule has 0 aliphatic carbocycles. The number of imidazole rings is 2. The van der Waals surface area contributed by atoms with Gasteiger partial charge in [0.25, 0.3) is 0 Å². The molecule has 4 heteroatoms. The van der Waals surface area contributed by atoms with E-state index in [0.29, 0.717) is 6.04 Å². The zero-order chi connectivity index (χ0) is 19.0. The molecule has 2 rings (SSSR count). The lowest BCUT2D eigenvalue weighted by Crippen LogP contribution is -2.26. The van der Waals surface area contributed by atoms with E-state index in [4.69, 9.17) is 0 Å². The Labute approximate surface area is 153 Å². The monoisotopic (exact) mass is 344 g/mol. The van der Waals surface area contributed by atoms with Crippen molar-refractivity contribution >= 4 is 0 Å². The molecule has 0 amide bonds. The predicted octanol–water partition coefficient (Wildman–Crippen LogP) is 5.52. The van der Waals surface area contributed by atoms with Crippen molar-refractivity contribution < 1.29 is 0 Å². The van der Waals surface area contributed by atoms with Gasteiger partial charge < -0.3 is 9.55 Å². The van der Waals surface area contributed by atoms with E-state index in [1.807, 2.05) is 12.5 Å². The fraction of sp³-hybridized carbons (Fsp3) is 0.714. The minimum atomic E-state index is 0.0153. The third-order valence-electron chi connectivity index (χ3n) is 5.29. The van der Waals surface area contributed by atoms with Crippen LogP contribution in [-0.2, 0) is 16.2 Å². The van der Waals surface area contributed by atoms with Gasteiger partial charge in [-0.2, -0.15) is 0 Å². The van der Waals surface area contributed by atoms with Gasteiger partial charge in [-0.25, -0.2) is 9.97 Å². The van der Waals surface area contributed by atoms with E-state index in [1.54, 1.807) is 0 Å². The molecule has 0 spiro atoms. The van der Waals surface area contributed by atoms with Crippen molar-refractivity contribution in [2.45, 2.75) is 97.4 Å². The highest BCUT2D eigenvalue weighted by Gasteiger charge is 2.31. The highest BCUT2D eigenvalue weighted by Crippen LogP contribution is 2.35. The van der Waals surface area contributed by atoms with Crippen molar-refractivity contribution in [1.29, 1.82) is 0 Å². The summed E-state index contributed by atoms with van der Waals surface area (Å²) >= 11 is 0. The molecule has 2 aromatic rings. The summed E-state index contributed by atoms with van der Waals surface area (Å²) in [5.41, 5.74) is 2.54. The fourth-order valence-electron chi connectivity index (χ4n) is 2.89. The van der Waals surface area contributed by atoms with E-state index in [-0.39, 0.29) is 16.2 Å². The number of H-pyrrole nitrogens is 1. The predicted molar refractivity (Wildman–Crippen MR) is 105 cm³/mol. The Bertz CT molecular complexity index is 696. The standard InChI is InChI=1S/C21H36N4/c1-15(2)25-13-17(23-14-25)20(6,7)10-11-21(8,9)18-22-12-16(24-18)19(3,4)5/h12-15H,10-11H2,1-9H3,(H,22,24). The van der Waals surface area contributed by atoms with E-state index in [0.717, 1.165) is 18.7 Å². The molecule has 4 nitrogen and oxygen atoms in total. The first-order valence-electron chi connectivity index (χ1n) is 9.43. The number of aromatic amines is 1. The largest absolute Gasteiger partial charge is 0.345 e. The van der Waals surface area contributed by atoms with Gasteiger partial charge in [-0.15, -0.1) is 0 Å². The summed E-state index contributed by atoms with van der Waals surface area (Å²) in [4.78, 5) is 12.9. The van der Waals surface area contributed by atoms with Crippen molar-refractivity contribution in [3.63, 3.8) is 0 Å². The number of nitrogens with one attached hydrogen (secondary N) is 1. The van der Waals surface area contributed by atoms with Crippen LogP contribution in [0.25, 0.3) is 0 Å². The number of hydrogen-bond acceptors (Lipinski definition) is 2. The average molecular weight is 345 g/mol. The molecule has 0 aromatic carbocycles. The Balaban J connectivity index is 2.10. The van der Waals surface area contributed by atoms with Crippen molar-refractivity contribution in [3.8, 4) is 0 Å². The fourth-order valence-corrected chi connectivity index (χ4v) is 2.89. The Morgan fingerprint density at radius 1 is 0.960 bits per heavy atom. The van der Waals surface area contributed by atoms with Gasteiger partial charge in [-0.3, -0.25) is 0 Å². The summed E-state index contributed by atoms with van der Waals surface area (Å²) in [6, 6.07) is 0.451. The first-order valence-corrected chi connectivity index (χ1v) is 9.43. The van der Waals surface area contributed by atoms with Crippen LogP contribution >= 0.6 is 0 Å². The smallest absolute Gasteiger partial charge is 0.111 e. The van der Waals surface area contributed by atoms with E-state index in [9.17, 15) is 0 Å². The van der Waals surface area contributed by atoms with Gasteiger partial charge in [0, 0.05) is 40.4 Å². The third-order valence-corrected chi connectivity index (χ3v) is 5.29. The molecule has 0 unspecified atom stereocenters. The summed E-state index contributed by atoms with van der Waals surface area (Å²) < 4.78 is 2.18. The van der Waals surface area contributed by atoms with Crippen LogP contribution in [0.2, 0.25) is 0 Å². The highest BCUT2D eigenvalue weighted by molar-refractivity contribution is 5.17. The van der Waals surface area contributed by atoms with E-state index >= 15 is 0 Å². The topological polar surface area (TPSA) is 46.5 Å². The van der Waals surface area contributed by atoms with Crippen molar-refractivity contribution in [1.82, 2.24) is 19.5 Å². The number of hydrogen-bond donors (Lipinski definition) is 1. The molecule has 0 bridgehead atoms. The summed E-state index contributed by atoms with van der Waals surface area (Å²) in [7, 11) is 0. The molecule has 25 heavy (non-hydrogen) atoms. The molecule has 0 fully saturated rings. The SMILES string of the molecule is CC(C)n1cnc(C(C)(C)CCC(C)(C)c2ncc(C(C)(C)C)[nH]2)c1. The van der Waals surface area contributed by atoms with E-state index in [2.05, 4.69) is 88.0 Å². The highest BCUT2D eigenvalue weighted by atomic mass is 15.1. The second-order valence-corrected chi connectivity index (χ2v) is 9.96. The number of rotatable bonds is 6. The quantitative estimate of drug-likeness (QED) is 0.750. The zero-order valence-electron chi connectivity index (χ0n) is 17.6. The molecule has 0 aliphatic heterocycles. The first kappa shape index (κ1) is 19.7. The van der Waals surface area contributed by atoms with Crippen LogP contribution < -0.4 is 0 Å². The Hall–Kier alpha value is -1.58. The van der Waals surface area contributed by atoms with Crippen LogP contribution in [-0.4, -0.2) is 19.5 Å². The molecular formula is C21H36N4. The Morgan fingerprint density at radius 3 is 2.04 bits per heavy atom. The molecule has 1 N–H and O–H groups in total. The van der Waals surface area contributed by atoms with Gasteiger partial charge in [-0.1, -0.05) is 48.5 Å². The second kappa shape index (κ2) is 6.62. The normalized spacial score (nSPS) is 13.7. The lowest BCUT2D eigenvalue weighted by Gasteiger charge is -2.29. The maximum absolute atomic E-state index is 4.68. The lowest BCUT2D eigenvalue weighted by atomic mass is 9.77. The van der Waals surface area contributed by atoms with Crippen molar-refractivity contribution in [2.75, 3.05) is 0 Å². The van der Waals surface area contributed by atoms with Crippen LogP contribution in [0.3, 0.4) is 0 Å². The second-order valence-electron chi connectivity index (χ2n) is 9.96. The summed E-state index contributed by atoms with van der Waals surface area (Å²) in [5.74, 6) is 1.08. The molecule has 2 aromatic heterocycles. The van der Waals surface area contributed by atoms with Crippen LogP contribution in [0.5, 0.6) is 0 Å². The Morgan fingerprint density at radius 2 is 1.56 bits per heavy atom. The van der Waals surface area contributed by atoms with E-state index < -0.39 is 0 Å². The van der Waals surface area contributed by atoms with Gasteiger partial charge in [0.05, 0.1) is 12.0 Å². The van der Waals surface area contributed by atoms with Crippen LogP contribution in [0.15, 0.2) is 18.7 Å². The third kappa shape index (κ3) is 4.53. The maximum Gasteiger partial charge on any atom is 0.111 e. The molecule has 0 aliphatic rings. The molecule has 0 radical (unpaired) electrons. The van der Waals surface area contributed by atoms with Crippen molar-refractivity contribution in [2.24, 2.45) is 0 Å². The minimum absolute atomic E-state index is 0.0153. The first-order chi connectivity index (χ1) is 11.3. The van der Waals surface area contributed by atoms with Crippen LogP contribution in [0.4, 0.5) is 0 Å². The Kier molecular flexibility index (Phi) is 5.23. The van der Waals surface area contributed by atoms with Gasteiger partial charge in [0.1, 0.15) is 5.82 Å². The van der Waals surface area contributed by atoms with Gasteiger partial charge in [-0.05, 0) is 26.7 Å². The van der Waals surface area contributed by atoms with Gasteiger partial charge in [0.15, 0.2) is 0 Å². The lowest BCUT2D eigenvalue weighted by molar-refractivity contribution is 0.358. The number of aromatic nitrogens is 4. The van der Waals surface area contributed by atoms with Crippen LogP contribution in [0.1, 0.15) is 98.4 Å².